The van der Waals surface area contributed by atoms with Gasteiger partial charge in [0, 0.05) is 11.2 Å². The normalized spacial score (nSPS) is 15.5. The maximum atomic E-state index is 12.6. The van der Waals surface area contributed by atoms with Crippen molar-refractivity contribution in [2.24, 2.45) is 0 Å². The molecule has 1 aliphatic carbocycles. The van der Waals surface area contributed by atoms with E-state index in [-0.39, 0.29) is 17.0 Å². The molecule has 0 heterocycles. The highest BCUT2D eigenvalue weighted by Crippen LogP contribution is 2.35. The molecule has 0 radical (unpaired) electrons. The SMILES string of the molecule is CC(C)(C)NC(=O)Nc1ccc(Cl)c(C(=O)NC2(CC(=O)O)CCC2)c1. The number of hydrogen-bond donors (Lipinski definition) is 4. The Balaban J connectivity index is 2.12. The van der Waals surface area contributed by atoms with Crippen LogP contribution in [0.25, 0.3) is 0 Å². The molecule has 26 heavy (non-hydrogen) atoms. The van der Waals surface area contributed by atoms with E-state index in [1.54, 1.807) is 6.07 Å². The Labute approximate surface area is 157 Å². The number of urea groups is 1. The smallest absolute Gasteiger partial charge is 0.319 e. The number of carboxylic acid groups (broad SMARTS) is 1. The summed E-state index contributed by atoms with van der Waals surface area (Å²) in [4.78, 5) is 35.6. The van der Waals surface area contributed by atoms with Crippen LogP contribution >= 0.6 is 11.6 Å². The molecular formula is C18H24ClN3O4. The van der Waals surface area contributed by atoms with Crippen LogP contribution in [0.3, 0.4) is 0 Å². The molecule has 8 heteroatoms. The first-order chi connectivity index (χ1) is 12.0. The lowest BCUT2D eigenvalue weighted by atomic mass is 9.74. The first-order valence-corrected chi connectivity index (χ1v) is 8.81. The molecule has 7 nitrogen and oxygen atoms in total. The minimum Gasteiger partial charge on any atom is -0.481 e. The van der Waals surface area contributed by atoms with Gasteiger partial charge in [-0.25, -0.2) is 4.79 Å². The molecule has 0 atom stereocenters. The average Bonchev–Trinajstić information content (AvgIpc) is 2.44. The van der Waals surface area contributed by atoms with Gasteiger partial charge in [-0.3, -0.25) is 9.59 Å². The van der Waals surface area contributed by atoms with E-state index >= 15 is 0 Å². The molecule has 1 aromatic carbocycles. The van der Waals surface area contributed by atoms with Crippen molar-refractivity contribution in [1.82, 2.24) is 10.6 Å². The lowest BCUT2D eigenvalue weighted by Gasteiger charge is -2.41. The predicted octanol–water partition coefficient (Wildman–Crippen LogP) is 3.39. The summed E-state index contributed by atoms with van der Waals surface area (Å²) in [6.45, 7) is 5.56. The summed E-state index contributed by atoms with van der Waals surface area (Å²) in [5.41, 5.74) is -0.511. The van der Waals surface area contributed by atoms with Crippen molar-refractivity contribution < 1.29 is 19.5 Å². The monoisotopic (exact) mass is 381 g/mol. The maximum absolute atomic E-state index is 12.6. The van der Waals surface area contributed by atoms with E-state index in [1.807, 2.05) is 20.8 Å². The molecule has 4 N–H and O–H groups in total. The van der Waals surface area contributed by atoms with Gasteiger partial charge in [0.25, 0.3) is 5.91 Å². The Morgan fingerprint density at radius 2 is 1.88 bits per heavy atom. The Hall–Kier alpha value is -2.28. The number of hydrogen-bond acceptors (Lipinski definition) is 3. The summed E-state index contributed by atoms with van der Waals surface area (Å²) in [7, 11) is 0. The topological polar surface area (TPSA) is 108 Å². The van der Waals surface area contributed by atoms with E-state index in [2.05, 4.69) is 16.0 Å². The maximum Gasteiger partial charge on any atom is 0.319 e. The van der Waals surface area contributed by atoms with E-state index < -0.39 is 29.0 Å². The van der Waals surface area contributed by atoms with Gasteiger partial charge in [-0.1, -0.05) is 11.6 Å². The van der Waals surface area contributed by atoms with Crippen LogP contribution in [-0.4, -0.2) is 34.1 Å². The third-order valence-electron chi connectivity index (χ3n) is 4.14. The van der Waals surface area contributed by atoms with E-state index in [4.69, 9.17) is 16.7 Å². The Morgan fingerprint density at radius 1 is 1.23 bits per heavy atom. The van der Waals surface area contributed by atoms with Gasteiger partial charge in [0.05, 0.1) is 22.5 Å². The number of anilines is 1. The van der Waals surface area contributed by atoms with Crippen LogP contribution < -0.4 is 16.0 Å². The molecule has 0 bridgehead atoms. The fraction of sp³-hybridized carbons (Fsp3) is 0.500. The van der Waals surface area contributed by atoms with Crippen molar-refractivity contribution in [2.45, 2.75) is 57.5 Å². The number of carbonyl (C=O) groups excluding carboxylic acids is 2. The van der Waals surface area contributed by atoms with Crippen LogP contribution in [0.2, 0.25) is 5.02 Å². The number of nitrogens with one attached hydrogen (secondary N) is 3. The first kappa shape index (κ1) is 20.0. The second-order valence-electron chi connectivity index (χ2n) is 7.68. The van der Waals surface area contributed by atoms with Crippen LogP contribution in [0.1, 0.15) is 56.8 Å². The summed E-state index contributed by atoms with van der Waals surface area (Å²) in [5, 5.41) is 17.5. The summed E-state index contributed by atoms with van der Waals surface area (Å²) >= 11 is 6.12. The van der Waals surface area contributed by atoms with Crippen LogP contribution in [-0.2, 0) is 4.79 Å². The predicted molar refractivity (Wildman–Crippen MR) is 99.7 cm³/mol. The van der Waals surface area contributed by atoms with E-state index in [9.17, 15) is 14.4 Å². The summed E-state index contributed by atoms with van der Waals surface area (Å²) in [5.74, 6) is -1.40. The molecule has 0 spiro atoms. The van der Waals surface area contributed by atoms with Crippen LogP contribution in [0.4, 0.5) is 10.5 Å². The fourth-order valence-corrected chi connectivity index (χ4v) is 3.03. The van der Waals surface area contributed by atoms with Gasteiger partial charge in [-0.05, 0) is 58.2 Å². The van der Waals surface area contributed by atoms with E-state index in [0.717, 1.165) is 6.42 Å². The van der Waals surface area contributed by atoms with Gasteiger partial charge in [0.15, 0.2) is 0 Å². The lowest BCUT2D eigenvalue weighted by Crippen LogP contribution is -2.54. The minimum absolute atomic E-state index is 0.123. The van der Waals surface area contributed by atoms with Crippen molar-refractivity contribution in [3.05, 3.63) is 28.8 Å². The molecule has 2 rings (SSSR count). The number of benzene rings is 1. The van der Waals surface area contributed by atoms with Crippen LogP contribution in [0.15, 0.2) is 18.2 Å². The standard InChI is InChI=1S/C18H24ClN3O4/c1-17(2,3)22-16(26)20-11-5-6-13(19)12(9-11)15(25)21-18(7-4-8-18)10-14(23)24/h5-6,9H,4,7-8,10H2,1-3H3,(H,21,25)(H,23,24)(H2,20,22,26). The number of amides is 3. The molecule has 0 aromatic heterocycles. The Bertz CT molecular complexity index is 724. The molecule has 0 unspecified atom stereocenters. The molecular weight excluding hydrogens is 358 g/mol. The zero-order valence-electron chi connectivity index (χ0n) is 15.1. The Morgan fingerprint density at radius 3 is 2.38 bits per heavy atom. The van der Waals surface area contributed by atoms with Crippen LogP contribution in [0, 0.1) is 0 Å². The third kappa shape index (κ3) is 5.36. The molecule has 142 valence electrons. The summed E-state index contributed by atoms with van der Waals surface area (Å²) in [6.07, 6.45) is 1.99. The highest BCUT2D eigenvalue weighted by molar-refractivity contribution is 6.34. The average molecular weight is 382 g/mol. The number of halogens is 1. The summed E-state index contributed by atoms with van der Waals surface area (Å²) < 4.78 is 0. The van der Waals surface area contributed by atoms with Crippen molar-refractivity contribution in [3.8, 4) is 0 Å². The minimum atomic E-state index is -0.953. The zero-order valence-corrected chi connectivity index (χ0v) is 15.9. The van der Waals surface area contributed by atoms with Gasteiger partial charge < -0.3 is 21.1 Å². The highest BCUT2D eigenvalue weighted by Gasteiger charge is 2.40. The largest absolute Gasteiger partial charge is 0.481 e. The second-order valence-corrected chi connectivity index (χ2v) is 8.09. The third-order valence-corrected chi connectivity index (χ3v) is 4.47. The molecule has 3 amide bonds. The molecule has 0 saturated heterocycles. The van der Waals surface area contributed by atoms with Crippen molar-refractivity contribution in [2.75, 3.05) is 5.32 Å². The van der Waals surface area contributed by atoms with Gasteiger partial charge in [-0.15, -0.1) is 0 Å². The number of aliphatic carboxylic acids is 1. The highest BCUT2D eigenvalue weighted by atomic mass is 35.5. The van der Waals surface area contributed by atoms with Gasteiger partial charge >= 0.3 is 12.0 Å². The van der Waals surface area contributed by atoms with E-state index in [1.165, 1.54) is 12.1 Å². The molecule has 0 aliphatic heterocycles. The molecule has 1 aromatic rings. The Kier molecular flexibility index (Phi) is 5.81. The molecule has 1 fully saturated rings. The number of carbonyl (C=O) groups is 3. The number of rotatable bonds is 5. The van der Waals surface area contributed by atoms with Gasteiger partial charge in [-0.2, -0.15) is 0 Å². The lowest BCUT2D eigenvalue weighted by molar-refractivity contribution is -0.139. The number of carboxylic acids is 1. The van der Waals surface area contributed by atoms with Crippen LogP contribution in [0.5, 0.6) is 0 Å². The first-order valence-electron chi connectivity index (χ1n) is 8.43. The second kappa shape index (κ2) is 7.53. The van der Waals surface area contributed by atoms with E-state index in [0.29, 0.717) is 18.5 Å². The fourth-order valence-electron chi connectivity index (χ4n) is 2.83. The summed E-state index contributed by atoms with van der Waals surface area (Å²) in [6, 6.07) is 4.20. The van der Waals surface area contributed by atoms with Gasteiger partial charge in [0.1, 0.15) is 0 Å². The van der Waals surface area contributed by atoms with Crippen molar-refractivity contribution >= 4 is 35.2 Å². The van der Waals surface area contributed by atoms with Gasteiger partial charge in [0.2, 0.25) is 0 Å². The molecule has 1 saturated carbocycles. The zero-order chi connectivity index (χ0) is 19.5. The quantitative estimate of drug-likeness (QED) is 0.627. The molecule has 1 aliphatic rings. The van der Waals surface area contributed by atoms with Crippen molar-refractivity contribution in [3.63, 3.8) is 0 Å². The van der Waals surface area contributed by atoms with Crippen molar-refractivity contribution in [1.29, 1.82) is 0 Å².